The van der Waals surface area contributed by atoms with E-state index in [1.165, 1.54) is 0 Å². The first kappa shape index (κ1) is 13.7. The third kappa shape index (κ3) is 2.67. The Morgan fingerprint density at radius 2 is 1.58 bits per heavy atom. The van der Waals surface area contributed by atoms with Crippen LogP contribution in [-0.2, 0) is 0 Å². The van der Waals surface area contributed by atoms with Crippen molar-refractivity contribution in [3.63, 3.8) is 0 Å². The first-order valence-electron chi connectivity index (χ1n) is 6.36. The fourth-order valence-corrected chi connectivity index (χ4v) is 2.14. The highest BCUT2D eigenvalue weighted by Crippen LogP contribution is 2.33. The van der Waals surface area contributed by atoms with Crippen molar-refractivity contribution < 1.29 is 19.5 Å². The molecule has 100 valence electrons. The number of ether oxygens (including phenoxy) is 2. The minimum atomic E-state index is -1.52. The number of rotatable bonds is 5. The van der Waals surface area contributed by atoms with Gasteiger partial charge in [0.25, 0.3) is 0 Å². The molecule has 0 radical (unpaired) electrons. The maximum atomic E-state index is 9.44. The van der Waals surface area contributed by atoms with Crippen LogP contribution in [0.4, 0.5) is 0 Å². The third-order valence-electron chi connectivity index (χ3n) is 2.88. The summed E-state index contributed by atoms with van der Waals surface area (Å²) in [5.74, 6) is 1.37. The fourth-order valence-electron chi connectivity index (χ4n) is 2.14. The molecular formula is C14H17BO4. The molecule has 0 fully saturated rings. The molecule has 0 aliphatic carbocycles. The Kier molecular flexibility index (Phi) is 4.29. The van der Waals surface area contributed by atoms with Crippen molar-refractivity contribution in [2.75, 3.05) is 13.2 Å². The topological polar surface area (TPSA) is 58.9 Å². The van der Waals surface area contributed by atoms with Gasteiger partial charge in [0.1, 0.15) is 11.5 Å². The van der Waals surface area contributed by atoms with Crippen LogP contribution in [0.1, 0.15) is 13.8 Å². The van der Waals surface area contributed by atoms with Gasteiger partial charge in [0.05, 0.1) is 18.6 Å². The van der Waals surface area contributed by atoms with Crippen LogP contribution < -0.4 is 14.9 Å². The van der Waals surface area contributed by atoms with Crippen LogP contribution in [0.2, 0.25) is 0 Å². The monoisotopic (exact) mass is 260 g/mol. The lowest BCUT2D eigenvalue weighted by atomic mass is 9.77. The summed E-state index contributed by atoms with van der Waals surface area (Å²) in [7, 11) is -1.52. The van der Waals surface area contributed by atoms with Gasteiger partial charge in [0.2, 0.25) is 0 Å². The Labute approximate surface area is 112 Å². The molecule has 2 N–H and O–H groups in total. The van der Waals surface area contributed by atoms with Gasteiger partial charge in [0.15, 0.2) is 0 Å². The lowest BCUT2D eigenvalue weighted by Gasteiger charge is -2.14. The molecule has 0 atom stereocenters. The minimum absolute atomic E-state index is 0.444. The first-order chi connectivity index (χ1) is 9.19. The van der Waals surface area contributed by atoms with Crippen LogP contribution in [0.5, 0.6) is 11.5 Å². The molecule has 0 unspecified atom stereocenters. The van der Waals surface area contributed by atoms with Gasteiger partial charge in [-0.2, -0.15) is 0 Å². The fraction of sp³-hybridized carbons (Fsp3) is 0.286. The van der Waals surface area contributed by atoms with E-state index in [0.717, 1.165) is 10.8 Å². The van der Waals surface area contributed by atoms with E-state index in [4.69, 9.17) is 9.47 Å². The second-order valence-corrected chi connectivity index (χ2v) is 4.07. The smallest absolute Gasteiger partial charge is 0.489 e. The summed E-state index contributed by atoms with van der Waals surface area (Å²) in [6.07, 6.45) is 0. The molecule has 0 aromatic heterocycles. The molecule has 0 heterocycles. The predicted octanol–water partition coefficient (Wildman–Crippen LogP) is 1.32. The van der Waals surface area contributed by atoms with E-state index in [0.29, 0.717) is 30.2 Å². The van der Waals surface area contributed by atoms with E-state index in [1.54, 1.807) is 12.1 Å². The van der Waals surface area contributed by atoms with E-state index in [2.05, 4.69) is 0 Å². The number of hydrogen-bond donors (Lipinski definition) is 2. The SMILES string of the molecule is CCOc1cccc2c(B(O)O)ccc(OCC)c12. The summed E-state index contributed by atoms with van der Waals surface area (Å²) in [4.78, 5) is 0. The second-order valence-electron chi connectivity index (χ2n) is 4.07. The van der Waals surface area contributed by atoms with Crippen LogP contribution in [0.25, 0.3) is 10.8 Å². The van der Waals surface area contributed by atoms with E-state index in [-0.39, 0.29) is 0 Å². The van der Waals surface area contributed by atoms with Crippen LogP contribution in [0.3, 0.4) is 0 Å². The summed E-state index contributed by atoms with van der Waals surface area (Å²) >= 11 is 0. The van der Waals surface area contributed by atoms with Gasteiger partial charge < -0.3 is 19.5 Å². The van der Waals surface area contributed by atoms with Crippen molar-refractivity contribution in [3.05, 3.63) is 30.3 Å². The van der Waals surface area contributed by atoms with Crippen LogP contribution in [0, 0.1) is 0 Å². The average molecular weight is 260 g/mol. The molecule has 0 saturated heterocycles. The molecule has 0 spiro atoms. The van der Waals surface area contributed by atoms with E-state index < -0.39 is 7.12 Å². The van der Waals surface area contributed by atoms with Crippen LogP contribution in [-0.4, -0.2) is 30.4 Å². The van der Waals surface area contributed by atoms with Crippen LogP contribution in [0.15, 0.2) is 30.3 Å². The Morgan fingerprint density at radius 3 is 2.16 bits per heavy atom. The zero-order valence-corrected chi connectivity index (χ0v) is 11.1. The van der Waals surface area contributed by atoms with Gasteiger partial charge in [-0.3, -0.25) is 0 Å². The van der Waals surface area contributed by atoms with Crippen LogP contribution >= 0.6 is 0 Å². The molecule has 0 amide bonds. The van der Waals surface area contributed by atoms with E-state index >= 15 is 0 Å². The number of hydrogen-bond acceptors (Lipinski definition) is 4. The highest BCUT2D eigenvalue weighted by atomic mass is 16.5. The summed E-state index contributed by atoms with van der Waals surface area (Å²) in [5, 5.41) is 20.4. The maximum absolute atomic E-state index is 9.44. The Bertz CT molecular complexity index is 556. The van der Waals surface area contributed by atoms with Gasteiger partial charge >= 0.3 is 7.12 Å². The van der Waals surface area contributed by atoms with Crippen molar-refractivity contribution in [2.45, 2.75) is 13.8 Å². The Morgan fingerprint density at radius 1 is 0.947 bits per heavy atom. The first-order valence-corrected chi connectivity index (χ1v) is 6.36. The molecule has 5 heteroatoms. The lowest BCUT2D eigenvalue weighted by molar-refractivity contribution is 0.332. The predicted molar refractivity (Wildman–Crippen MR) is 76.1 cm³/mol. The molecule has 2 rings (SSSR count). The van der Waals surface area contributed by atoms with Crippen molar-refractivity contribution in [3.8, 4) is 11.5 Å². The normalized spacial score (nSPS) is 10.5. The highest BCUT2D eigenvalue weighted by Gasteiger charge is 2.18. The number of fused-ring (bicyclic) bond motifs is 1. The van der Waals surface area contributed by atoms with E-state index in [9.17, 15) is 10.0 Å². The largest absolute Gasteiger partial charge is 0.493 e. The molecule has 0 aliphatic rings. The van der Waals surface area contributed by atoms with Crippen molar-refractivity contribution in [2.24, 2.45) is 0 Å². The highest BCUT2D eigenvalue weighted by molar-refractivity contribution is 6.62. The van der Waals surface area contributed by atoms with Gasteiger partial charge in [-0.15, -0.1) is 0 Å². The summed E-state index contributed by atoms with van der Waals surface area (Å²) < 4.78 is 11.2. The Hall–Kier alpha value is -1.72. The molecular weight excluding hydrogens is 243 g/mol. The maximum Gasteiger partial charge on any atom is 0.489 e. The standard InChI is InChI=1S/C14H17BO4/c1-3-18-12-7-5-6-10-11(15(16)17)8-9-13(14(10)12)19-4-2/h5-9,16-17H,3-4H2,1-2H3. The van der Waals surface area contributed by atoms with Gasteiger partial charge in [-0.1, -0.05) is 18.2 Å². The van der Waals surface area contributed by atoms with Gasteiger partial charge in [-0.25, -0.2) is 0 Å². The zero-order chi connectivity index (χ0) is 13.8. The summed E-state index contributed by atoms with van der Waals surface area (Å²) in [6.45, 7) is 4.89. The van der Waals surface area contributed by atoms with Gasteiger partial charge in [0, 0.05) is 0 Å². The molecule has 0 aliphatic heterocycles. The van der Waals surface area contributed by atoms with Gasteiger partial charge in [-0.05, 0) is 36.8 Å². The molecule has 4 nitrogen and oxygen atoms in total. The molecule has 19 heavy (non-hydrogen) atoms. The zero-order valence-electron chi connectivity index (χ0n) is 11.1. The summed E-state index contributed by atoms with van der Waals surface area (Å²) in [6, 6.07) is 8.91. The average Bonchev–Trinajstić information content (AvgIpc) is 2.39. The van der Waals surface area contributed by atoms with Crippen molar-refractivity contribution in [1.29, 1.82) is 0 Å². The molecule has 0 saturated carbocycles. The Balaban J connectivity index is 2.72. The third-order valence-corrected chi connectivity index (χ3v) is 2.88. The second kappa shape index (κ2) is 5.95. The number of benzene rings is 2. The quantitative estimate of drug-likeness (QED) is 0.796. The van der Waals surface area contributed by atoms with E-state index in [1.807, 2.05) is 32.0 Å². The summed E-state index contributed by atoms with van der Waals surface area (Å²) in [5.41, 5.74) is 0.444. The molecule has 0 bridgehead atoms. The molecule has 2 aromatic rings. The minimum Gasteiger partial charge on any atom is -0.493 e. The van der Waals surface area contributed by atoms with Crippen molar-refractivity contribution in [1.82, 2.24) is 0 Å². The molecule has 2 aromatic carbocycles. The van der Waals surface area contributed by atoms with Crippen molar-refractivity contribution >= 4 is 23.4 Å². The lowest BCUT2D eigenvalue weighted by Crippen LogP contribution is -2.30.